The van der Waals surface area contributed by atoms with Crippen LogP contribution in [0, 0.1) is 5.92 Å². The number of ether oxygens (including phenoxy) is 2. The third-order valence-electron chi connectivity index (χ3n) is 4.80. The summed E-state index contributed by atoms with van der Waals surface area (Å²) in [5, 5.41) is 15.0. The molecule has 11 heteroatoms. The van der Waals surface area contributed by atoms with Crippen molar-refractivity contribution in [1.29, 1.82) is 0 Å². The van der Waals surface area contributed by atoms with Crippen molar-refractivity contribution in [2.75, 3.05) is 38.6 Å². The molecule has 0 saturated carbocycles. The highest BCUT2D eigenvalue weighted by Crippen LogP contribution is 2.27. The number of unbranched alkanes of at least 4 members (excludes halogenated alkanes) is 1. The largest absolute Gasteiger partial charge is 0.477 e. The van der Waals surface area contributed by atoms with Gasteiger partial charge in [-0.25, -0.2) is 14.4 Å². The molecule has 0 spiro atoms. The zero-order valence-corrected chi connectivity index (χ0v) is 19.3. The molecule has 0 unspecified atom stereocenters. The number of carbonyl (C=O) groups is 3. The zero-order valence-electron chi connectivity index (χ0n) is 18.5. The minimum Gasteiger partial charge on any atom is -0.477 e. The van der Waals surface area contributed by atoms with Crippen molar-refractivity contribution in [3.8, 4) is 5.88 Å². The third-order valence-corrected chi connectivity index (χ3v) is 5.10. The van der Waals surface area contributed by atoms with Crippen LogP contribution in [0.3, 0.4) is 0 Å². The van der Waals surface area contributed by atoms with E-state index in [0.29, 0.717) is 19.1 Å². The molecule has 2 heterocycles. The van der Waals surface area contributed by atoms with Gasteiger partial charge in [0.25, 0.3) is 0 Å². The van der Waals surface area contributed by atoms with Crippen molar-refractivity contribution in [3.63, 3.8) is 0 Å². The normalized spacial score (nSPS) is 14.2. The molecule has 0 atom stereocenters. The molecule has 180 valence electrons. The zero-order chi connectivity index (χ0) is 24.1. The van der Waals surface area contributed by atoms with E-state index in [1.165, 1.54) is 18.9 Å². The Labute approximate surface area is 192 Å². The maximum atomic E-state index is 12.5. The summed E-state index contributed by atoms with van der Waals surface area (Å²) >= 11 is 6.01. The second-order valence-electron chi connectivity index (χ2n) is 7.40. The number of halogens is 1. The van der Waals surface area contributed by atoms with Crippen LogP contribution < -0.4 is 10.5 Å². The van der Waals surface area contributed by atoms with E-state index < -0.39 is 17.9 Å². The van der Waals surface area contributed by atoms with Gasteiger partial charge in [-0.05, 0) is 57.3 Å². The quantitative estimate of drug-likeness (QED) is 0.360. The predicted octanol–water partition coefficient (Wildman–Crippen LogP) is 2.93. The molecule has 1 saturated heterocycles. The second kappa shape index (κ2) is 14.5. The van der Waals surface area contributed by atoms with Gasteiger partial charge in [-0.3, -0.25) is 0 Å². The summed E-state index contributed by atoms with van der Waals surface area (Å²) in [7, 11) is 0. The number of esters is 1. The van der Waals surface area contributed by atoms with E-state index in [9.17, 15) is 4.79 Å². The van der Waals surface area contributed by atoms with Crippen LogP contribution in [0.4, 0.5) is 5.82 Å². The van der Waals surface area contributed by atoms with Crippen LogP contribution in [0.15, 0.2) is 6.07 Å². The molecular formula is C21H32ClN3O7. The topological polar surface area (TPSA) is 152 Å². The molecule has 1 fully saturated rings. The van der Waals surface area contributed by atoms with Gasteiger partial charge in [0.1, 0.15) is 11.4 Å². The number of nitrogens with zero attached hydrogens (tertiary/aromatic N) is 2. The fourth-order valence-electron chi connectivity index (χ4n) is 2.97. The summed E-state index contributed by atoms with van der Waals surface area (Å²) in [6.07, 6.45) is 5.37. The smallest absolute Gasteiger partial charge is 0.414 e. The van der Waals surface area contributed by atoms with Crippen LogP contribution >= 0.6 is 11.6 Å². The van der Waals surface area contributed by atoms with Gasteiger partial charge in [0, 0.05) is 0 Å². The van der Waals surface area contributed by atoms with Crippen molar-refractivity contribution in [2.24, 2.45) is 5.92 Å². The van der Waals surface area contributed by atoms with Crippen molar-refractivity contribution >= 4 is 35.3 Å². The van der Waals surface area contributed by atoms with Crippen molar-refractivity contribution < 1.29 is 34.1 Å². The number of rotatable bonds is 9. The van der Waals surface area contributed by atoms with E-state index in [1.54, 1.807) is 0 Å². The molecular weight excluding hydrogens is 442 g/mol. The predicted molar refractivity (Wildman–Crippen MR) is 119 cm³/mol. The van der Waals surface area contributed by atoms with Crippen LogP contribution in [0.5, 0.6) is 5.88 Å². The first-order valence-electron chi connectivity index (χ1n) is 10.6. The lowest BCUT2D eigenvalue weighted by atomic mass is 9.97. The first kappa shape index (κ1) is 27.4. The standard InChI is InChI=1S/C19H30ClN3O3.C2H2O4/c1-3-5-8-23-9-6-14(7-10-23)13-26-19(24)15-12-16(20)17(21)22-18(15)25-11-4-2;3-1(4)2(5)6/h12,14H,3-11,13H2,1-2H3,(H2,21,22);(H,3,4)(H,5,6). The van der Waals surface area contributed by atoms with Crippen LogP contribution in [0.1, 0.15) is 56.3 Å². The number of likely N-dealkylation sites (tertiary alicyclic amines) is 1. The van der Waals surface area contributed by atoms with Gasteiger partial charge in [-0.1, -0.05) is 31.9 Å². The Morgan fingerprint density at radius 2 is 1.81 bits per heavy atom. The Morgan fingerprint density at radius 1 is 1.19 bits per heavy atom. The first-order valence-corrected chi connectivity index (χ1v) is 11.0. The molecule has 4 N–H and O–H groups in total. The number of carbonyl (C=O) groups excluding carboxylic acids is 1. The number of carboxylic acids is 2. The number of nitrogen functional groups attached to an aromatic ring is 1. The van der Waals surface area contributed by atoms with Crippen molar-refractivity contribution in [2.45, 2.75) is 46.0 Å². The number of carboxylic acid groups (broad SMARTS) is 2. The molecule has 1 aliphatic heterocycles. The Kier molecular flexibility index (Phi) is 12.4. The SMILES string of the molecule is CCCCN1CCC(COC(=O)c2cc(Cl)c(N)nc2OCCC)CC1.O=C(O)C(=O)O. The van der Waals surface area contributed by atoms with E-state index in [-0.39, 0.29) is 22.3 Å². The Hall–Kier alpha value is -2.59. The molecule has 0 aliphatic carbocycles. The number of hydrogen-bond donors (Lipinski definition) is 3. The summed E-state index contributed by atoms with van der Waals surface area (Å²) in [6, 6.07) is 1.48. The molecule has 0 amide bonds. The van der Waals surface area contributed by atoms with E-state index in [4.69, 9.17) is 46.6 Å². The summed E-state index contributed by atoms with van der Waals surface area (Å²) in [5.74, 6) is -3.38. The lowest BCUT2D eigenvalue weighted by molar-refractivity contribution is -0.159. The maximum Gasteiger partial charge on any atom is 0.414 e. The Bertz CT molecular complexity index is 756. The highest BCUT2D eigenvalue weighted by Gasteiger charge is 2.23. The van der Waals surface area contributed by atoms with Gasteiger partial charge in [-0.2, -0.15) is 4.98 Å². The van der Waals surface area contributed by atoms with Crippen LogP contribution in [-0.4, -0.2) is 70.9 Å². The van der Waals surface area contributed by atoms with Gasteiger partial charge in [0.15, 0.2) is 0 Å². The molecule has 0 bridgehead atoms. The molecule has 32 heavy (non-hydrogen) atoms. The van der Waals surface area contributed by atoms with Gasteiger partial charge < -0.3 is 30.3 Å². The molecule has 0 radical (unpaired) electrons. The fraction of sp³-hybridized carbons (Fsp3) is 0.619. The van der Waals surface area contributed by atoms with Gasteiger partial charge in [-0.15, -0.1) is 0 Å². The van der Waals surface area contributed by atoms with Crippen molar-refractivity contribution in [1.82, 2.24) is 9.88 Å². The number of pyridine rings is 1. The number of hydrogen-bond acceptors (Lipinski definition) is 8. The third kappa shape index (κ3) is 9.69. The molecule has 2 rings (SSSR count). The monoisotopic (exact) mass is 473 g/mol. The van der Waals surface area contributed by atoms with E-state index in [2.05, 4.69) is 16.8 Å². The average Bonchev–Trinajstić information content (AvgIpc) is 2.77. The minimum absolute atomic E-state index is 0.147. The Morgan fingerprint density at radius 3 is 2.34 bits per heavy atom. The number of anilines is 1. The minimum atomic E-state index is -1.82. The lowest BCUT2D eigenvalue weighted by Gasteiger charge is -2.31. The summed E-state index contributed by atoms with van der Waals surface area (Å²) in [4.78, 5) is 37.3. The van der Waals surface area contributed by atoms with Gasteiger partial charge in [0.05, 0.1) is 18.2 Å². The Balaban J connectivity index is 0.000000751. The summed E-state index contributed by atoms with van der Waals surface area (Å²) < 4.78 is 11.1. The number of nitrogens with two attached hydrogens (primary N) is 1. The second-order valence-corrected chi connectivity index (χ2v) is 7.81. The number of aliphatic carboxylic acids is 2. The highest BCUT2D eigenvalue weighted by molar-refractivity contribution is 6.33. The van der Waals surface area contributed by atoms with Crippen LogP contribution in [-0.2, 0) is 14.3 Å². The molecule has 1 aromatic rings. The molecule has 1 aromatic heterocycles. The van der Waals surface area contributed by atoms with Crippen molar-refractivity contribution in [3.05, 3.63) is 16.7 Å². The van der Waals surface area contributed by atoms with Gasteiger partial charge in [0.2, 0.25) is 5.88 Å². The van der Waals surface area contributed by atoms with Crippen LogP contribution in [0.25, 0.3) is 0 Å². The van der Waals surface area contributed by atoms with E-state index in [1.807, 2.05) is 6.92 Å². The summed E-state index contributed by atoms with van der Waals surface area (Å²) in [6.45, 7) is 8.36. The van der Waals surface area contributed by atoms with E-state index in [0.717, 1.165) is 38.9 Å². The molecule has 1 aliphatic rings. The first-order chi connectivity index (χ1) is 15.2. The average molecular weight is 474 g/mol. The highest BCUT2D eigenvalue weighted by atomic mass is 35.5. The number of piperidine rings is 1. The van der Waals surface area contributed by atoms with Crippen LogP contribution in [0.2, 0.25) is 5.02 Å². The fourth-order valence-corrected chi connectivity index (χ4v) is 3.12. The maximum absolute atomic E-state index is 12.5. The lowest BCUT2D eigenvalue weighted by Crippen LogP contribution is -2.36. The molecule has 0 aromatic carbocycles. The molecule has 10 nitrogen and oxygen atoms in total. The van der Waals surface area contributed by atoms with E-state index >= 15 is 0 Å². The number of aromatic nitrogens is 1. The van der Waals surface area contributed by atoms with Gasteiger partial charge >= 0.3 is 17.9 Å². The summed E-state index contributed by atoms with van der Waals surface area (Å²) in [5.41, 5.74) is 5.95.